The highest BCUT2D eigenvalue weighted by molar-refractivity contribution is 5.26. The van der Waals surface area contributed by atoms with Crippen molar-refractivity contribution in [3.8, 4) is 0 Å². The van der Waals surface area contributed by atoms with E-state index in [0.29, 0.717) is 6.42 Å². The van der Waals surface area contributed by atoms with Gasteiger partial charge in [-0.1, -0.05) is 13.0 Å². The van der Waals surface area contributed by atoms with Gasteiger partial charge in [-0.15, -0.1) is 0 Å². The van der Waals surface area contributed by atoms with Gasteiger partial charge in [-0.25, -0.2) is 13.2 Å². The van der Waals surface area contributed by atoms with Crippen LogP contribution in [0.3, 0.4) is 0 Å². The minimum absolute atomic E-state index is 0.0860. The van der Waals surface area contributed by atoms with Gasteiger partial charge in [-0.2, -0.15) is 0 Å². The first-order valence-corrected chi connectivity index (χ1v) is 6.39. The first-order chi connectivity index (χ1) is 9.02. The van der Waals surface area contributed by atoms with Crippen molar-refractivity contribution in [1.82, 2.24) is 5.32 Å². The molecule has 1 aromatic rings. The molecule has 19 heavy (non-hydrogen) atoms. The molecule has 0 spiro atoms. The van der Waals surface area contributed by atoms with Gasteiger partial charge in [0.05, 0.1) is 0 Å². The van der Waals surface area contributed by atoms with Crippen LogP contribution in [0.15, 0.2) is 18.2 Å². The maximum absolute atomic E-state index is 13.4. The summed E-state index contributed by atoms with van der Waals surface area (Å²) in [6.45, 7) is 4.15. The van der Waals surface area contributed by atoms with E-state index in [2.05, 4.69) is 5.32 Å². The van der Waals surface area contributed by atoms with Crippen molar-refractivity contribution >= 4 is 0 Å². The highest BCUT2D eigenvalue weighted by Gasteiger charge is 2.12. The summed E-state index contributed by atoms with van der Waals surface area (Å²) < 4.78 is 42.1. The van der Waals surface area contributed by atoms with Gasteiger partial charge >= 0.3 is 0 Å². The van der Waals surface area contributed by atoms with Crippen LogP contribution in [-0.2, 0) is 4.74 Å². The molecule has 0 aromatic heterocycles. The number of hydrogen-bond acceptors (Lipinski definition) is 2. The number of ether oxygens (including phenoxy) is 1. The standard InChI is InChI=1S/C14H20F3NO/c1-3-18-13(4-5-19-9-14(16)17)11-6-10(2)7-12(15)8-11/h6-8,13-14,18H,3-5,9H2,1-2H3. The largest absolute Gasteiger partial charge is 0.375 e. The quantitative estimate of drug-likeness (QED) is 0.734. The lowest BCUT2D eigenvalue weighted by Gasteiger charge is -2.19. The van der Waals surface area contributed by atoms with Crippen molar-refractivity contribution in [2.45, 2.75) is 32.7 Å². The summed E-state index contributed by atoms with van der Waals surface area (Å²) in [7, 11) is 0. The summed E-state index contributed by atoms with van der Waals surface area (Å²) in [6.07, 6.45) is -1.92. The van der Waals surface area contributed by atoms with Gasteiger partial charge in [0.1, 0.15) is 12.4 Å². The number of hydrogen-bond donors (Lipinski definition) is 1. The molecule has 0 aliphatic heterocycles. The smallest absolute Gasteiger partial charge is 0.261 e. The Morgan fingerprint density at radius 2 is 2.00 bits per heavy atom. The number of aryl methyl sites for hydroxylation is 1. The molecular formula is C14H20F3NO. The van der Waals surface area contributed by atoms with E-state index in [0.717, 1.165) is 17.7 Å². The van der Waals surface area contributed by atoms with Crippen LogP contribution in [0.5, 0.6) is 0 Å². The van der Waals surface area contributed by atoms with Crippen molar-refractivity contribution < 1.29 is 17.9 Å². The molecule has 0 aliphatic carbocycles. The van der Waals surface area contributed by atoms with Crippen LogP contribution in [0.4, 0.5) is 13.2 Å². The maximum Gasteiger partial charge on any atom is 0.261 e. The van der Waals surface area contributed by atoms with Gasteiger partial charge in [0, 0.05) is 12.6 Å². The van der Waals surface area contributed by atoms with E-state index in [4.69, 9.17) is 4.74 Å². The highest BCUT2D eigenvalue weighted by Crippen LogP contribution is 2.19. The second kappa shape index (κ2) is 8.17. The summed E-state index contributed by atoms with van der Waals surface area (Å²) in [5.41, 5.74) is 1.66. The lowest BCUT2D eigenvalue weighted by molar-refractivity contribution is 0.0144. The molecule has 0 radical (unpaired) electrons. The zero-order chi connectivity index (χ0) is 14.3. The molecule has 1 aromatic carbocycles. The van der Waals surface area contributed by atoms with Crippen molar-refractivity contribution in [1.29, 1.82) is 0 Å². The molecule has 108 valence electrons. The second-order valence-corrected chi connectivity index (χ2v) is 4.43. The normalized spacial score (nSPS) is 12.9. The van der Waals surface area contributed by atoms with Crippen molar-refractivity contribution in [2.75, 3.05) is 19.8 Å². The molecule has 0 bridgehead atoms. The van der Waals surface area contributed by atoms with E-state index in [-0.39, 0.29) is 18.5 Å². The van der Waals surface area contributed by atoms with Gasteiger partial charge in [0.15, 0.2) is 0 Å². The third-order valence-electron chi connectivity index (χ3n) is 2.71. The molecule has 1 unspecified atom stereocenters. The predicted molar refractivity (Wildman–Crippen MR) is 69.0 cm³/mol. The average molecular weight is 275 g/mol. The molecule has 2 nitrogen and oxygen atoms in total. The number of rotatable bonds is 8. The Morgan fingerprint density at radius 1 is 1.26 bits per heavy atom. The fourth-order valence-electron chi connectivity index (χ4n) is 1.97. The van der Waals surface area contributed by atoms with Gasteiger partial charge < -0.3 is 10.1 Å². The van der Waals surface area contributed by atoms with Crippen molar-refractivity contribution in [2.24, 2.45) is 0 Å². The highest BCUT2D eigenvalue weighted by atomic mass is 19.3. The van der Waals surface area contributed by atoms with Crippen LogP contribution in [0.1, 0.15) is 30.5 Å². The topological polar surface area (TPSA) is 21.3 Å². The number of nitrogens with one attached hydrogen (secondary N) is 1. The molecule has 0 saturated carbocycles. The van der Waals surface area contributed by atoms with Gasteiger partial charge in [-0.3, -0.25) is 0 Å². The average Bonchev–Trinajstić information content (AvgIpc) is 2.31. The second-order valence-electron chi connectivity index (χ2n) is 4.43. The first kappa shape index (κ1) is 16.0. The molecule has 0 saturated heterocycles. The fraction of sp³-hybridized carbons (Fsp3) is 0.571. The van der Waals surface area contributed by atoms with Crippen LogP contribution in [-0.4, -0.2) is 26.2 Å². The Labute approximate surface area is 112 Å². The summed E-state index contributed by atoms with van der Waals surface area (Å²) in [4.78, 5) is 0. The number of benzene rings is 1. The van der Waals surface area contributed by atoms with Crippen LogP contribution in [0.2, 0.25) is 0 Å². The molecule has 0 amide bonds. The Bertz CT molecular complexity index is 365. The molecule has 5 heteroatoms. The molecule has 0 heterocycles. The molecule has 0 aliphatic rings. The SMILES string of the molecule is CCNC(CCOCC(F)F)c1cc(C)cc(F)c1. The van der Waals surface area contributed by atoms with Crippen molar-refractivity contribution in [3.63, 3.8) is 0 Å². The molecular weight excluding hydrogens is 255 g/mol. The summed E-state index contributed by atoms with van der Waals surface area (Å²) >= 11 is 0. The Kier molecular flexibility index (Phi) is 6.87. The van der Waals surface area contributed by atoms with E-state index >= 15 is 0 Å². The van der Waals surface area contributed by atoms with E-state index in [9.17, 15) is 13.2 Å². The Balaban J connectivity index is 2.60. The van der Waals surface area contributed by atoms with Crippen LogP contribution in [0.25, 0.3) is 0 Å². The summed E-state index contributed by atoms with van der Waals surface area (Å²) in [5, 5.41) is 3.21. The molecule has 0 fully saturated rings. The molecule has 1 N–H and O–H groups in total. The minimum Gasteiger partial charge on any atom is -0.375 e. The first-order valence-electron chi connectivity index (χ1n) is 6.39. The number of halogens is 3. The van der Waals surface area contributed by atoms with Crippen molar-refractivity contribution in [3.05, 3.63) is 35.1 Å². The predicted octanol–water partition coefficient (Wildman–Crippen LogP) is 3.46. The zero-order valence-corrected chi connectivity index (χ0v) is 11.3. The van der Waals surface area contributed by atoms with E-state index in [1.165, 1.54) is 12.1 Å². The lowest BCUT2D eigenvalue weighted by atomic mass is 10.0. The van der Waals surface area contributed by atoms with Gasteiger partial charge in [0.25, 0.3) is 6.43 Å². The number of alkyl halides is 2. The maximum atomic E-state index is 13.4. The Hall–Kier alpha value is -1.07. The van der Waals surface area contributed by atoms with E-state index < -0.39 is 13.0 Å². The molecule has 1 rings (SSSR count). The molecule has 1 atom stereocenters. The van der Waals surface area contributed by atoms with E-state index in [1.54, 1.807) is 0 Å². The fourth-order valence-corrected chi connectivity index (χ4v) is 1.97. The van der Waals surface area contributed by atoms with Crippen LogP contribution in [0, 0.1) is 12.7 Å². The third kappa shape index (κ3) is 6.07. The van der Waals surface area contributed by atoms with Crippen LogP contribution < -0.4 is 5.32 Å². The minimum atomic E-state index is -2.45. The van der Waals surface area contributed by atoms with Crippen LogP contribution >= 0.6 is 0 Å². The van der Waals surface area contributed by atoms with Gasteiger partial charge in [-0.05, 0) is 43.1 Å². The lowest BCUT2D eigenvalue weighted by Crippen LogP contribution is -2.23. The van der Waals surface area contributed by atoms with Gasteiger partial charge in [0.2, 0.25) is 0 Å². The monoisotopic (exact) mass is 275 g/mol. The summed E-state index contributed by atoms with van der Waals surface area (Å²) in [5.74, 6) is -0.286. The Morgan fingerprint density at radius 3 is 2.58 bits per heavy atom. The third-order valence-corrected chi connectivity index (χ3v) is 2.71. The summed E-state index contributed by atoms with van der Waals surface area (Å²) in [6, 6.07) is 4.73. The zero-order valence-electron chi connectivity index (χ0n) is 11.3. The van der Waals surface area contributed by atoms with E-state index in [1.807, 2.05) is 19.9 Å².